The van der Waals surface area contributed by atoms with Gasteiger partial charge < -0.3 is 10.6 Å². The second-order valence-electron chi connectivity index (χ2n) is 5.00. The van der Waals surface area contributed by atoms with Crippen molar-refractivity contribution >= 4 is 23.1 Å². The average molecular weight is 333 g/mol. The van der Waals surface area contributed by atoms with Crippen LogP contribution >= 0.6 is 0 Å². The predicted molar refractivity (Wildman–Crippen MR) is 90.8 cm³/mol. The fraction of sp³-hybridized carbons (Fsp3) is 0. The van der Waals surface area contributed by atoms with E-state index in [4.69, 9.17) is 5.26 Å². The highest BCUT2D eigenvalue weighted by atomic mass is 19.1. The van der Waals surface area contributed by atoms with Crippen LogP contribution in [-0.2, 0) is 0 Å². The molecule has 0 bridgehead atoms. The van der Waals surface area contributed by atoms with E-state index in [-0.39, 0.29) is 11.4 Å². The van der Waals surface area contributed by atoms with Crippen LogP contribution in [0.3, 0.4) is 0 Å². The molecule has 0 saturated heterocycles. The van der Waals surface area contributed by atoms with Crippen molar-refractivity contribution in [3.63, 3.8) is 0 Å². The Balaban J connectivity index is 1.73. The van der Waals surface area contributed by atoms with Gasteiger partial charge in [-0.05, 0) is 24.3 Å². The first-order valence-corrected chi connectivity index (χ1v) is 7.31. The van der Waals surface area contributed by atoms with E-state index in [1.165, 1.54) is 30.6 Å². The fourth-order valence-electron chi connectivity index (χ4n) is 2.09. The minimum absolute atomic E-state index is 0.0439. The van der Waals surface area contributed by atoms with Gasteiger partial charge in [-0.1, -0.05) is 24.3 Å². The molecule has 3 rings (SSSR count). The Morgan fingerprint density at radius 1 is 1.00 bits per heavy atom. The number of nitriles is 1. The van der Waals surface area contributed by atoms with Crippen molar-refractivity contribution in [1.29, 1.82) is 5.26 Å². The summed E-state index contributed by atoms with van der Waals surface area (Å²) in [6.45, 7) is 0. The zero-order chi connectivity index (χ0) is 17.6. The van der Waals surface area contributed by atoms with Gasteiger partial charge in [0.1, 0.15) is 23.4 Å². The summed E-state index contributed by atoms with van der Waals surface area (Å²) in [4.78, 5) is 20.2. The van der Waals surface area contributed by atoms with Crippen LogP contribution in [0.5, 0.6) is 0 Å². The van der Waals surface area contributed by atoms with Gasteiger partial charge in [-0.3, -0.25) is 4.79 Å². The van der Waals surface area contributed by atoms with Crippen molar-refractivity contribution in [2.45, 2.75) is 0 Å². The molecule has 1 heterocycles. The number of halogens is 1. The van der Waals surface area contributed by atoms with Gasteiger partial charge in [-0.25, -0.2) is 14.4 Å². The van der Waals surface area contributed by atoms with Crippen molar-refractivity contribution in [3.8, 4) is 6.07 Å². The van der Waals surface area contributed by atoms with Crippen molar-refractivity contribution < 1.29 is 9.18 Å². The van der Waals surface area contributed by atoms with Crippen molar-refractivity contribution in [1.82, 2.24) is 9.97 Å². The molecule has 0 fully saturated rings. The number of nitrogens with zero attached hydrogens (tertiary/aromatic N) is 3. The predicted octanol–water partition coefficient (Wildman–Crippen LogP) is 3.48. The van der Waals surface area contributed by atoms with E-state index in [2.05, 4.69) is 26.7 Å². The summed E-state index contributed by atoms with van der Waals surface area (Å²) < 4.78 is 13.6. The number of carbonyl (C=O) groups excluding carboxylic acids is 1. The monoisotopic (exact) mass is 333 g/mol. The van der Waals surface area contributed by atoms with E-state index >= 15 is 0 Å². The number of nitrogens with one attached hydrogen (secondary N) is 2. The summed E-state index contributed by atoms with van der Waals surface area (Å²) in [5.41, 5.74) is 1.16. The SMILES string of the molecule is N#Cc1ccccc1Nc1cnc(C(=O)Nc2ccccc2F)cn1. The molecule has 0 radical (unpaired) electrons. The number of amides is 1. The minimum atomic E-state index is -0.568. The summed E-state index contributed by atoms with van der Waals surface area (Å²) in [5.74, 6) is -0.720. The molecule has 0 aliphatic heterocycles. The number of anilines is 3. The van der Waals surface area contributed by atoms with Crippen LogP contribution in [0, 0.1) is 17.1 Å². The van der Waals surface area contributed by atoms with Crippen molar-refractivity contribution in [3.05, 3.63) is 78.0 Å². The summed E-state index contributed by atoms with van der Waals surface area (Å²) in [6, 6.07) is 14.9. The lowest BCUT2D eigenvalue weighted by Gasteiger charge is -2.08. The first-order chi connectivity index (χ1) is 12.2. The van der Waals surface area contributed by atoms with E-state index in [0.717, 1.165) is 0 Å². The van der Waals surface area contributed by atoms with Gasteiger partial charge in [0.15, 0.2) is 0 Å². The quantitative estimate of drug-likeness (QED) is 0.763. The molecule has 0 aliphatic rings. The Morgan fingerprint density at radius 3 is 2.40 bits per heavy atom. The Hall–Kier alpha value is -3.79. The summed E-state index contributed by atoms with van der Waals surface area (Å²) in [7, 11) is 0. The van der Waals surface area contributed by atoms with Crippen molar-refractivity contribution in [2.24, 2.45) is 0 Å². The third kappa shape index (κ3) is 3.76. The molecule has 6 nitrogen and oxygen atoms in total. The van der Waals surface area contributed by atoms with Gasteiger partial charge in [-0.15, -0.1) is 0 Å². The summed E-state index contributed by atoms with van der Waals surface area (Å²) >= 11 is 0. The van der Waals surface area contributed by atoms with Crippen LogP contribution < -0.4 is 10.6 Å². The third-order valence-electron chi connectivity index (χ3n) is 3.32. The lowest BCUT2D eigenvalue weighted by molar-refractivity contribution is 0.102. The van der Waals surface area contributed by atoms with E-state index in [1.807, 2.05) is 0 Å². The molecule has 0 saturated carbocycles. The van der Waals surface area contributed by atoms with Crippen LogP contribution in [0.25, 0.3) is 0 Å². The number of para-hydroxylation sites is 2. The smallest absolute Gasteiger partial charge is 0.275 e. The van der Waals surface area contributed by atoms with E-state index in [9.17, 15) is 9.18 Å². The van der Waals surface area contributed by atoms with Crippen LogP contribution in [0.2, 0.25) is 0 Å². The van der Waals surface area contributed by atoms with Crippen LogP contribution in [0.1, 0.15) is 16.1 Å². The number of aromatic nitrogens is 2. The standard InChI is InChI=1S/C18H12FN5O/c19-13-6-2-4-8-15(13)24-18(25)16-10-22-17(11-21-16)23-14-7-3-1-5-12(14)9-20/h1-8,10-11H,(H,22,23)(H,24,25). The Morgan fingerprint density at radius 2 is 1.72 bits per heavy atom. The minimum Gasteiger partial charge on any atom is -0.338 e. The molecule has 25 heavy (non-hydrogen) atoms. The van der Waals surface area contributed by atoms with Gasteiger partial charge in [0.25, 0.3) is 5.91 Å². The lowest BCUT2D eigenvalue weighted by atomic mass is 10.2. The van der Waals surface area contributed by atoms with E-state index < -0.39 is 11.7 Å². The molecule has 0 aliphatic carbocycles. The number of hydrogen-bond donors (Lipinski definition) is 2. The first-order valence-electron chi connectivity index (χ1n) is 7.31. The topological polar surface area (TPSA) is 90.7 Å². The van der Waals surface area contributed by atoms with Gasteiger partial charge >= 0.3 is 0 Å². The number of hydrogen-bond acceptors (Lipinski definition) is 5. The highest BCUT2D eigenvalue weighted by Gasteiger charge is 2.11. The van der Waals surface area contributed by atoms with Gasteiger partial charge in [-0.2, -0.15) is 5.26 Å². The molecule has 0 unspecified atom stereocenters. The number of carbonyl (C=O) groups is 1. The maximum absolute atomic E-state index is 13.6. The van der Waals surface area contributed by atoms with Gasteiger partial charge in [0, 0.05) is 0 Å². The van der Waals surface area contributed by atoms with Crippen molar-refractivity contribution in [2.75, 3.05) is 10.6 Å². The second-order valence-corrected chi connectivity index (χ2v) is 5.00. The fourth-order valence-corrected chi connectivity index (χ4v) is 2.09. The summed E-state index contributed by atoms with van der Waals surface area (Å²) in [6.07, 6.45) is 2.64. The Bertz CT molecular complexity index is 950. The first kappa shape index (κ1) is 16.1. The lowest BCUT2D eigenvalue weighted by Crippen LogP contribution is -2.15. The zero-order valence-corrected chi connectivity index (χ0v) is 12.9. The van der Waals surface area contributed by atoms with Crippen LogP contribution in [0.4, 0.5) is 21.6 Å². The normalized spacial score (nSPS) is 9.92. The van der Waals surface area contributed by atoms with E-state index in [1.54, 1.807) is 30.3 Å². The maximum atomic E-state index is 13.6. The molecular weight excluding hydrogens is 321 g/mol. The summed E-state index contributed by atoms with van der Waals surface area (Å²) in [5, 5.41) is 14.5. The molecule has 7 heteroatoms. The molecular formula is C18H12FN5O. The third-order valence-corrected chi connectivity index (χ3v) is 3.32. The molecule has 2 aromatic carbocycles. The highest BCUT2D eigenvalue weighted by Crippen LogP contribution is 2.18. The Labute approximate surface area is 143 Å². The molecule has 122 valence electrons. The maximum Gasteiger partial charge on any atom is 0.275 e. The average Bonchev–Trinajstić information content (AvgIpc) is 2.64. The Kier molecular flexibility index (Phi) is 4.62. The highest BCUT2D eigenvalue weighted by molar-refractivity contribution is 6.02. The molecule has 3 aromatic rings. The molecule has 0 atom stereocenters. The number of rotatable bonds is 4. The van der Waals surface area contributed by atoms with Gasteiger partial charge in [0.2, 0.25) is 0 Å². The zero-order valence-electron chi connectivity index (χ0n) is 12.9. The number of benzene rings is 2. The second kappa shape index (κ2) is 7.19. The molecule has 0 spiro atoms. The molecule has 1 aromatic heterocycles. The van der Waals surface area contributed by atoms with Crippen LogP contribution in [-0.4, -0.2) is 15.9 Å². The largest absolute Gasteiger partial charge is 0.338 e. The van der Waals surface area contributed by atoms with Gasteiger partial charge in [0.05, 0.1) is 29.3 Å². The molecule has 2 N–H and O–H groups in total. The molecule has 1 amide bonds. The van der Waals surface area contributed by atoms with Crippen LogP contribution in [0.15, 0.2) is 60.9 Å². The van der Waals surface area contributed by atoms with E-state index in [0.29, 0.717) is 17.1 Å².